The van der Waals surface area contributed by atoms with Gasteiger partial charge >= 0.3 is 0 Å². The van der Waals surface area contributed by atoms with Crippen LogP contribution in [0.4, 0.5) is 15.9 Å². The molecule has 2 N–H and O–H groups in total. The van der Waals surface area contributed by atoms with Gasteiger partial charge in [0.05, 0.1) is 10.6 Å². The van der Waals surface area contributed by atoms with Crippen LogP contribution in [-0.4, -0.2) is 29.4 Å². The standard InChI is InChI=1S/C25H24ClFN4O/c1-16-11-12-31(2)24(16)18-5-3-17(4-6-18)14-28-22-9-8-20(27)13-21(22)25(32)30-23-10-7-19(26)15-29-23/h3-10,13,15,28H,11-12,14H2,1-2H3,(H,29,30,32). The third-order valence-corrected chi connectivity index (χ3v) is 5.74. The van der Waals surface area contributed by atoms with Crippen molar-refractivity contribution in [2.75, 3.05) is 24.2 Å². The van der Waals surface area contributed by atoms with Crippen LogP contribution in [0.15, 0.2) is 66.4 Å². The number of aromatic nitrogens is 1. The minimum Gasteiger partial charge on any atom is -0.380 e. The summed E-state index contributed by atoms with van der Waals surface area (Å²) >= 11 is 5.83. The highest BCUT2D eigenvalue weighted by Gasteiger charge is 2.18. The van der Waals surface area contributed by atoms with E-state index >= 15 is 0 Å². The molecule has 0 unspecified atom stereocenters. The average molecular weight is 451 g/mol. The molecule has 32 heavy (non-hydrogen) atoms. The van der Waals surface area contributed by atoms with Gasteiger partial charge in [0.2, 0.25) is 0 Å². The summed E-state index contributed by atoms with van der Waals surface area (Å²) in [5, 5.41) is 6.39. The molecule has 2 heterocycles. The van der Waals surface area contributed by atoms with Crippen molar-refractivity contribution in [3.05, 3.63) is 93.9 Å². The summed E-state index contributed by atoms with van der Waals surface area (Å²) < 4.78 is 13.9. The first-order valence-corrected chi connectivity index (χ1v) is 10.7. The topological polar surface area (TPSA) is 57.3 Å². The Labute approximate surface area is 191 Å². The highest BCUT2D eigenvalue weighted by molar-refractivity contribution is 6.30. The molecule has 0 aliphatic carbocycles. The molecule has 1 aliphatic heterocycles. The summed E-state index contributed by atoms with van der Waals surface area (Å²) in [4.78, 5) is 19.1. The predicted octanol–water partition coefficient (Wildman–Crippen LogP) is 5.81. The number of nitrogens with zero attached hydrogens (tertiary/aromatic N) is 2. The smallest absolute Gasteiger partial charge is 0.259 e. The monoisotopic (exact) mass is 450 g/mol. The fraction of sp³-hybridized carbons (Fsp3) is 0.200. The molecule has 7 heteroatoms. The van der Waals surface area contributed by atoms with E-state index in [-0.39, 0.29) is 5.56 Å². The number of carbonyl (C=O) groups excluding carboxylic acids is 1. The van der Waals surface area contributed by atoms with Crippen LogP contribution in [0.3, 0.4) is 0 Å². The van der Waals surface area contributed by atoms with Gasteiger partial charge in [-0.15, -0.1) is 0 Å². The first-order valence-electron chi connectivity index (χ1n) is 10.4. The predicted molar refractivity (Wildman–Crippen MR) is 127 cm³/mol. The number of amides is 1. The van der Waals surface area contributed by atoms with Gasteiger partial charge in [0.15, 0.2) is 0 Å². The van der Waals surface area contributed by atoms with Crippen molar-refractivity contribution in [1.29, 1.82) is 0 Å². The molecule has 164 valence electrons. The highest BCUT2D eigenvalue weighted by Crippen LogP contribution is 2.30. The van der Waals surface area contributed by atoms with E-state index in [4.69, 9.17) is 11.6 Å². The second kappa shape index (κ2) is 9.40. The van der Waals surface area contributed by atoms with E-state index in [0.717, 1.165) is 18.5 Å². The summed E-state index contributed by atoms with van der Waals surface area (Å²) in [6.07, 6.45) is 2.53. The number of halogens is 2. The minimum atomic E-state index is -0.488. The molecule has 0 fully saturated rings. The number of nitrogens with one attached hydrogen (secondary N) is 2. The SMILES string of the molecule is CC1=C(c2ccc(CNc3ccc(F)cc3C(=O)Nc3ccc(Cl)cn3)cc2)N(C)CC1. The van der Waals surface area contributed by atoms with E-state index in [1.807, 2.05) is 0 Å². The quantitative estimate of drug-likeness (QED) is 0.498. The van der Waals surface area contributed by atoms with E-state index in [2.05, 4.69) is 58.8 Å². The molecule has 0 atom stereocenters. The van der Waals surface area contributed by atoms with Gasteiger partial charge in [-0.2, -0.15) is 0 Å². The summed E-state index contributed by atoms with van der Waals surface area (Å²) in [7, 11) is 2.11. The van der Waals surface area contributed by atoms with Crippen LogP contribution >= 0.6 is 11.6 Å². The fourth-order valence-corrected chi connectivity index (χ4v) is 3.94. The maximum atomic E-state index is 13.9. The number of anilines is 2. The van der Waals surface area contributed by atoms with Gasteiger partial charge in [0.25, 0.3) is 5.91 Å². The van der Waals surface area contributed by atoms with Crippen LogP contribution in [0.2, 0.25) is 5.02 Å². The highest BCUT2D eigenvalue weighted by atomic mass is 35.5. The molecular weight excluding hydrogens is 427 g/mol. The normalized spacial score (nSPS) is 13.4. The largest absolute Gasteiger partial charge is 0.380 e. The molecule has 0 saturated carbocycles. The van der Waals surface area contributed by atoms with Crippen LogP contribution in [0.25, 0.3) is 5.70 Å². The van der Waals surface area contributed by atoms with Crippen LogP contribution in [0, 0.1) is 5.82 Å². The minimum absolute atomic E-state index is 0.201. The van der Waals surface area contributed by atoms with Crippen molar-refractivity contribution >= 4 is 34.7 Å². The molecule has 1 aromatic heterocycles. The molecule has 4 rings (SSSR count). The average Bonchev–Trinajstić information content (AvgIpc) is 3.12. The lowest BCUT2D eigenvalue weighted by Crippen LogP contribution is -2.16. The molecule has 0 radical (unpaired) electrons. The lowest BCUT2D eigenvalue weighted by molar-refractivity contribution is 0.102. The third kappa shape index (κ3) is 4.92. The Morgan fingerprint density at radius 2 is 1.94 bits per heavy atom. The lowest BCUT2D eigenvalue weighted by Gasteiger charge is -2.17. The van der Waals surface area contributed by atoms with Crippen molar-refractivity contribution in [3.63, 3.8) is 0 Å². The van der Waals surface area contributed by atoms with E-state index in [0.29, 0.717) is 23.1 Å². The van der Waals surface area contributed by atoms with Gasteiger partial charge in [-0.3, -0.25) is 4.79 Å². The van der Waals surface area contributed by atoms with E-state index in [1.165, 1.54) is 35.2 Å². The van der Waals surface area contributed by atoms with Crippen molar-refractivity contribution in [2.24, 2.45) is 0 Å². The zero-order chi connectivity index (χ0) is 22.7. The van der Waals surface area contributed by atoms with Crippen LogP contribution in [0.5, 0.6) is 0 Å². The van der Waals surface area contributed by atoms with Crippen LogP contribution < -0.4 is 10.6 Å². The Morgan fingerprint density at radius 3 is 2.59 bits per heavy atom. The lowest BCUT2D eigenvalue weighted by atomic mass is 10.1. The van der Waals surface area contributed by atoms with Crippen molar-refractivity contribution in [3.8, 4) is 0 Å². The zero-order valence-electron chi connectivity index (χ0n) is 18.0. The van der Waals surface area contributed by atoms with Gasteiger partial charge in [-0.05, 0) is 60.4 Å². The second-order valence-corrected chi connectivity index (χ2v) is 8.29. The van der Waals surface area contributed by atoms with E-state index < -0.39 is 11.7 Å². The molecule has 0 bridgehead atoms. The Hall–Kier alpha value is -3.38. The van der Waals surface area contributed by atoms with Gasteiger partial charge < -0.3 is 15.5 Å². The molecule has 0 spiro atoms. The maximum Gasteiger partial charge on any atom is 0.259 e. The summed E-state index contributed by atoms with van der Waals surface area (Å²) in [6, 6.07) is 15.7. The molecular formula is C25H24ClFN4O. The fourth-order valence-electron chi connectivity index (χ4n) is 3.83. The van der Waals surface area contributed by atoms with E-state index in [1.54, 1.807) is 18.2 Å². The molecule has 1 aliphatic rings. The van der Waals surface area contributed by atoms with Crippen molar-refractivity contribution in [2.45, 2.75) is 19.9 Å². The van der Waals surface area contributed by atoms with Crippen molar-refractivity contribution < 1.29 is 9.18 Å². The Kier molecular flexibility index (Phi) is 6.42. The van der Waals surface area contributed by atoms with Crippen LogP contribution in [-0.2, 0) is 6.54 Å². The molecule has 1 amide bonds. The number of carbonyl (C=O) groups is 1. The number of rotatable bonds is 6. The van der Waals surface area contributed by atoms with Gasteiger partial charge in [-0.1, -0.05) is 35.9 Å². The maximum absolute atomic E-state index is 13.9. The first-order chi connectivity index (χ1) is 15.4. The van der Waals surface area contributed by atoms with Gasteiger partial charge in [-0.25, -0.2) is 9.37 Å². The van der Waals surface area contributed by atoms with Crippen molar-refractivity contribution in [1.82, 2.24) is 9.88 Å². The van der Waals surface area contributed by atoms with E-state index in [9.17, 15) is 9.18 Å². The molecule has 2 aromatic carbocycles. The number of hydrogen-bond donors (Lipinski definition) is 2. The van der Waals surface area contributed by atoms with Gasteiger partial charge in [0.1, 0.15) is 11.6 Å². The summed E-state index contributed by atoms with van der Waals surface area (Å²) in [6.45, 7) is 3.72. The number of hydrogen-bond acceptors (Lipinski definition) is 4. The Bertz CT molecular complexity index is 1160. The molecule has 3 aromatic rings. The van der Waals surface area contributed by atoms with Gasteiger partial charge in [0, 0.05) is 37.7 Å². The summed E-state index contributed by atoms with van der Waals surface area (Å²) in [5.74, 6) is -0.603. The first kappa shape index (κ1) is 21.8. The Morgan fingerprint density at radius 1 is 1.16 bits per heavy atom. The molecule has 5 nitrogen and oxygen atoms in total. The Balaban J connectivity index is 1.47. The zero-order valence-corrected chi connectivity index (χ0v) is 18.7. The third-order valence-electron chi connectivity index (χ3n) is 5.51. The van der Waals surface area contributed by atoms with Crippen LogP contribution in [0.1, 0.15) is 34.8 Å². The summed E-state index contributed by atoms with van der Waals surface area (Å²) in [5.41, 5.74) is 5.68. The second-order valence-electron chi connectivity index (χ2n) is 7.86. The molecule has 0 saturated heterocycles. The number of pyridine rings is 1. The number of benzene rings is 2.